The Bertz CT molecular complexity index is 215. The minimum Gasteiger partial charge on any atom is -0.371 e. The Labute approximate surface area is 107 Å². The van der Waals surface area contributed by atoms with Gasteiger partial charge < -0.3 is 10.1 Å². The molecule has 0 radical (unpaired) electrons. The highest BCUT2D eigenvalue weighted by atomic mass is 19.4. The summed E-state index contributed by atoms with van der Waals surface area (Å²) in [7, 11) is 0. The van der Waals surface area contributed by atoms with E-state index in [1.54, 1.807) is 0 Å². The lowest BCUT2D eigenvalue weighted by molar-refractivity contribution is -0.173. The number of alkyl halides is 3. The van der Waals surface area contributed by atoms with Crippen LogP contribution < -0.4 is 5.32 Å². The molecule has 1 aliphatic carbocycles. The molecule has 1 rings (SSSR count). The fourth-order valence-corrected chi connectivity index (χ4v) is 2.69. The summed E-state index contributed by atoms with van der Waals surface area (Å²) in [6.45, 7) is 1.62. The number of hydrogen-bond donors (Lipinski definition) is 1. The molecule has 1 saturated carbocycles. The second-order valence-corrected chi connectivity index (χ2v) is 5.03. The lowest BCUT2D eigenvalue weighted by Crippen LogP contribution is -2.38. The third-order valence-corrected chi connectivity index (χ3v) is 3.58. The second kappa shape index (κ2) is 8.00. The molecule has 2 nitrogen and oxygen atoms in total. The lowest BCUT2D eigenvalue weighted by Gasteiger charge is -2.30. The Morgan fingerprint density at radius 2 is 1.89 bits per heavy atom. The van der Waals surface area contributed by atoms with Crippen molar-refractivity contribution in [1.29, 1.82) is 0 Å². The van der Waals surface area contributed by atoms with Gasteiger partial charge in [-0.2, -0.15) is 13.2 Å². The zero-order valence-electron chi connectivity index (χ0n) is 11.1. The Morgan fingerprint density at radius 3 is 2.44 bits per heavy atom. The van der Waals surface area contributed by atoms with E-state index in [2.05, 4.69) is 17.0 Å². The van der Waals surface area contributed by atoms with Gasteiger partial charge in [-0.15, -0.1) is 0 Å². The maximum absolute atomic E-state index is 11.9. The van der Waals surface area contributed by atoms with Crippen LogP contribution in [0.25, 0.3) is 0 Å². The predicted molar refractivity (Wildman–Crippen MR) is 65.5 cm³/mol. The Morgan fingerprint density at radius 1 is 1.22 bits per heavy atom. The van der Waals surface area contributed by atoms with Crippen LogP contribution in [-0.4, -0.2) is 32.0 Å². The monoisotopic (exact) mass is 267 g/mol. The van der Waals surface area contributed by atoms with Gasteiger partial charge in [0.05, 0.1) is 6.61 Å². The molecule has 0 aromatic heterocycles. The van der Waals surface area contributed by atoms with E-state index in [-0.39, 0.29) is 6.61 Å². The summed E-state index contributed by atoms with van der Waals surface area (Å²) >= 11 is 0. The third-order valence-electron chi connectivity index (χ3n) is 3.58. The van der Waals surface area contributed by atoms with E-state index >= 15 is 0 Å². The summed E-state index contributed by atoms with van der Waals surface area (Å²) in [5, 5.41) is 3.33. The normalized spacial score (nSPS) is 20.0. The van der Waals surface area contributed by atoms with Crippen LogP contribution in [0, 0.1) is 5.92 Å². The zero-order chi connectivity index (χ0) is 13.4. The summed E-state index contributed by atoms with van der Waals surface area (Å²) in [5.74, 6) is 0.686. The van der Waals surface area contributed by atoms with E-state index in [0.29, 0.717) is 18.5 Å². The first-order valence-corrected chi connectivity index (χ1v) is 6.91. The highest BCUT2D eigenvalue weighted by molar-refractivity contribution is 4.78. The van der Waals surface area contributed by atoms with E-state index < -0.39 is 12.8 Å². The number of nitrogens with one attached hydrogen (secondary N) is 1. The molecule has 0 bridgehead atoms. The van der Waals surface area contributed by atoms with Crippen LogP contribution in [0.2, 0.25) is 0 Å². The quantitative estimate of drug-likeness (QED) is 0.713. The summed E-state index contributed by atoms with van der Waals surface area (Å²) in [5.41, 5.74) is 0. The Hall–Kier alpha value is -0.290. The molecule has 0 aromatic rings. The molecule has 0 spiro atoms. The molecule has 0 aromatic carbocycles. The largest absolute Gasteiger partial charge is 0.411 e. The van der Waals surface area contributed by atoms with Crippen LogP contribution in [0.1, 0.15) is 45.4 Å². The van der Waals surface area contributed by atoms with Gasteiger partial charge in [-0.3, -0.25) is 0 Å². The average molecular weight is 267 g/mol. The first kappa shape index (κ1) is 15.8. The lowest BCUT2D eigenvalue weighted by atomic mass is 9.83. The van der Waals surface area contributed by atoms with Crippen LogP contribution in [0.3, 0.4) is 0 Å². The first-order chi connectivity index (χ1) is 8.53. The maximum atomic E-state index is 11.9. The highest BCUT2D eigenvalue weighted by Crippen LogP contribution is 2.27. The van der Waals surface area contributed by atoms with E-state index in [1.807, 2.05) is 0 Å². The zero-order valence-corrected chi connectivity index (χ0v) is 11.1. The Kier molecular flexibility index (Phi) is 7.00. The first-order valence-electron chi connectivity index (χ1n) is 6.91. The molecule has 18 heavy (non-hydrogen) atoms. The smallest absolute Gasteiger partial charge is 0.371 e. The van der Waals surface area contributed by atoms with Crippen molar-refractivity contribution in [2.45, 2.75) is 57.7 Å². The number of hydrogen-bond acceptors (Lipinski definition) is 2. The van der Waals surface area contributed by atoms with E-state index in [4.69, 9.17) is 0 Å². The van der Waals surface area contributed by atoms with Crippen molar-refractivity contribution >= 4 is 0 Å². The minimum atomic E-state index is -4.21. The molecule has 0 amide bonds. The summed E-state index contributed by atoms with van der Waals surface area (Å²) in [4.78, 5) is 0. The standard InChI is InChI=1S/C13H24F3NO/c1-2-12(11-6-4-3-5-7-11)17-8-9-18-10-13(14,15)16/h11-12,17H,2-10H2,1H3. The van der Waals surface area contributed by atoms with E-state index in [1.165, 1.54) is 32.1 Å². The summed E-state index contributed by atoms with van der Waals surface area (Å²) in [6, 6.07) is 0.430. The molecular weight excluding hydrogens is 243 g/mol. The number of rotatable bonds is 7. The van der Waals surface area contributed by atoms with Gasteiger partial charge in [0.1, 0.15) is 6.61 Å². The summed E-state index contributed by atoms with van der Waals surface area (Å²) in [6.07, 6.45) is 3.20. The van der Waals surface area contributed by atoms with E-state index in [9.17, 15) is 13.2 Å². The molecule has 0 aliphatic heterocycles. The van der Waals surface area contributed by atoms with Gasteiger partial charge in [-0.05, 0) is 25.2 Å². The van der Waals surface area contributed by atoms with Crippen molar-refractivity contribution < 1.29 is 17.9 Å². The molecule has 5 heteroatoms. The van der Waals surface area contributed by atoms with Gasteiger partial charge in [0.2, 0.25) is 0 Å². The van der Waals surface area contributed by atoms with Crippen LogP contribution in [-0.2, 0) is 4.74 Å². The number of halogens is 3. The average Bonchev–Trinajstić information content (AvgIpc) is 2.33. The van der Waals surface area contributed by atoms with Crippen molar-refractivity contribution in [1.82, 2.24) is 5.32 Å². The van der Waals surface area contributed by atoms with Crippen molar-refractivity contribution in [2.75, 3.05) is 19.8 Å². The van der Waals surface area contributed by atoms with Crippen LogP contribution in [0.4, 0.5) is 13.2 Å². The van der Waals surface area contributed by atoms with Gasteiger partial charge in [0.15, 0.2) is 0 Å². The minimum absolute atomic E-state index is 0.128. The predicted octanol–water partition coefficient (Wildman–Crippen LogP) is 3.51. The van der Waals surface area contributed by atoms with Crippen molar-refractivity contribution in [3.63, 3.8) is 0 Å². The third kappa shape index (κ3) is 6.59. The van der Waals surface area contributed by atoms with E-state index in [0.717, 1.165) is 6.42 Å². The van der Waals surface area contributed by atoms with Gasteiger partial charge in [-0.1, -0.05) is 26.2 Å². The molecule has 1 aliphatic rings. The molecule has 1 fully saturated rings. The Balaban J connectivity index is 2.11. The fourth-order valence-electron chi connectivity index (χ4n) is 2.69. The van der Waals surface area contributed by atoms with Crippen LogP contribution >= 0.6 is 0 Å². The van der Waals surface area contributed by atoms with Gasteiger partial charge in [0, 0.05) is 12.6 Å². The highest BCUT2D eigenvalue weighted by Gasteiger charge is 2.27. The molecule has 1 unspecified atom stereocenters. The van der Waals surface area contributed by atoms with Gasteiger partial charge >= 0.3 is 6.18 Å². The number of ether oxygens (including phenoxy) is 1. The van der Waals surface area contributed by atoms with Gasteiger partial charge in [-0.25, -0.2) is 0 Å². The summed E-state index contributed by atoms with van der Waals surface area (Å²) < 4.78 is 40.2. The van der Waals surface area contributed by atoms with Crippen molar-refractivity contribution in [3.05, 3.63) is 0 Å². The topological polar surface area (TPSA) is 21.3 Å². The van der Waals surface area contributed by atoms with Crippen LogP contribution in [0.15, 0.2) is 0 Å². The van der Waals surface area contributed by atoms with Crippen LogP contribution in [0.5, 0.6) is 0 Å². The molecule has 0 saturated heterocycles. The van der Waals surface area contributed by atoms with Crippen molar-refractivity contribution in [3.8, 4) is 0 Å². The van der Waals surface area contributed by atoms with Crippen molar-refractivity contribution in [2.24, 2.45) is 5.92 Å². The molecule has 1 N–H and O–H groups in total. The molecule has 1 atom stereocenters. The molecular formula is C13H24F3NO. The second-order valence-electron chi connectivity index (χ2n) is 5.03. The maximum Gasteiger partial charge on any atom is 0.411 e. The fraction of sp³-hybridized carbons (Fsp3) is 1.00. The SMILES string of the molecule is CCC(NCCOCC(F)(F)F)C1CCCCC1. The molecule has 108 valence electrons. The van der Waals surface area contributed by atoms with Gasteiger partial charge in [0.25, 0.3) is 0 Å². The molecule has 0 heterocycles.